The first-order valence-corrected chi connectivity index (χ1v) is 10.5. The summed E-state index contributed by atoms with van der Waals surface area (Å²) < 4.78 is 25.3. The number of anilines is 2. The lowest BCUT2D eigenvalue weighted by Crippen LogP contribution is -2.13. The summed E-state index contributed by atoms with van der Waals surface area (Å²) in [7, 11) is -0.127. The topological polar surface area (TPSA) is 123 Å². The molecule has 0 saturated carbocycles. The van der Waals surface area contributed by atoms with E-state index in [2.05, 4.69) is 10.3 Å². The predicted molar refractivity (Wildman–Crippen MR) is 109 cm³/mol. The van der Waals surface area contributed by atoms with E-state index in [-0.39, 0.29) is 19.9 Å². The number of sulfone groups is 1. The summed E-state index contributed by atoms with van der Waals surface area (Å²) >= 11 is 0.803. The zero-order chi connectivity index (χ0) is 21.2. The summed E-state index contributed by atoms with van der Waals surface area (Å²) in [5.41, 5.74) is 1.14. The van der Waals surface area contributed by atoms with Crippen molar-refractivity contribution in [2.75, 3.05) is 24.3 Å². The summed E-state index contributed by atoms with van der Waals surface area (Å²) in [5.74, 6) is -0.413. The fraction of sp³-hybridized carbons (Fsp3) is 0.111. The van der Waals surface area contributed by atoms with Crippen LogP contribution >= 0.6 is 11.3 Å². The van der Waals surface area contributed by atoms with E-state index in [0.717, 1.165) is 47.5 Å². The first-order chi connectivity index (χ1) is 13.7. The highest BCUT2D eigenvalue weighted by Crippen LogP contribution is 2.29. The fourth-order valence-corrected chi connectivity index (χ4v) is 4.81. The molecule has 0 fully saturated rings. The van der Waals surface area contributed by atoms with Gasteiger partial charge in [0.1, 0.15) is 4.21 Å². The second-order valence-electron chi connectivity index (χ2n) is 6.13. The third kappa shape index (κ3) is 4.41. The molecule has 1 amide bonds. The van der Waals surface area contributed by atoms with Gasteiger partial charge in [-0.15, -0.1) is 0 Å². The third-order valence-electron chi connectivity index (χ3n) is 3.97. The molecule has 3 aromatic rings. The van der Waals surface area contributed by atoms with Crippen LogP contribution in [0.3, 0.4) is 0 Å². The molecule has 150 valence electrons. The Morgan fingerprint density at radius 2 is 1.72 bits per heavy atom. The van der Waals surface area contributed by atoms with Gasteiger partial charge in [0.05, 0.1) is 16.0 Å². The van der Waals surface area contributed by atoms with Crippen LogP contribution in [0.25, 0.3) is 0 Å². The molecule has 0 saturated heterocycles. The van der Waals surface area contributed by atoms with Crippen LogP contribution in [0.4, 0.5) is 16.5 Å². The summed E-state index contributed by atoms with van der Waals surface area (Å²) in [4.78, 5) is 28.2. The van der Waals surface area contributed by atoms with Crippen molar-refractivity contribution < 1.29 is 18.1 Å². The molecule has 3 rings (SSSR count). The molecule has 9 nitrogen and oxygen atoms in total. The summed E-state index contributed by atoms with van der Waals surface area (Å²) in [6, 6.07) is 11.5. The van der Waals surface area contributed by atoms with Gasteiger partial charge in [0.25, 0.3) is 11.6 Å². The summed E-state index contributed by atoms with van der Waals surface area (Å²) in [6.45, 7) is 0. The van der Waals surface area contributed by atoms with Crippen molar-refractivity contribution in [1.82, 2.24) is 4.98 Å². The number of non-ortho nitro benzene ring substituents is 1. The Morgan fingerprint density at radius 3 is 2.28 bits per heavy atom. The maximum absolute atomic E-state index is 12.7. The first-order valence-electron chi connectivity index (χ1n) is 8.22. The Labute approximate surface area is 170 Å². The van der Waals surface area contributed by atoms with Gasteiger partial charge in [0, 0.05) is 37.5 Å². The number of amides is 1. The number of hydrogen-bond acceptors (Lipinski definition) is 8. The number of thiazole rings is 1. The quantitative estimate of drug-likeness (QED) is 0.469. The standard InChI is InChI=1S/C18H16N4O5S2/c1-21(2)13-5-3-12(4-6-13)17(23)20-18-19-11-16(28-18)29(26,27)15-9-7-14(8-10-15)22(24)25/h3-11H,1-2H3,(H,19,20,23). The molecule has 0 aliphatic carbocycles. The Bertz CT molecular complexity index is 1150. The van der Waals surface area contributed by atoms with Crippen LogP contribution in [0, 0.1) is 10.1 Å². The SMILES string of the molecule is CN(C)c1ccc(C(=O)Nc2ncc(S(=O)(=O)c3ccc([N+](=O)[O-])cc3)s2)cc1. The molecule has 11 heteroatoms. The van der Waals surface area contributed by atoms with Crippen LogP contribution in [0.15, 0.2) is 63.8 Å². The molecule has 1 heterocycles. The lowest BCUT2D eigenvalue weighted by Gasteiger charge is -2.12. The van der Waals surface area contributed by atoms with E-state index in [1.54, 1.807) is 24.3 Å². The number of hydrogen-bond donors (Lipinski definition) is 1. The molecule has 0 bridgehead atoms. The number of benzene rings is 2. The molecule has 1 aromatic heterocycles. The molecule has 0 aliphatic heterocycles. The minimum absolute atomic E-state index is 0.0791. The van der Waals surface area contributed by atoms with Crippen molar-refractivity contribution in [2.24, 2.45) is 0 Å². The maximum Gasteiger partial charge on any atom is 0.269 e. The average molecular weight is 432 g/mol. The average Bonchev–Trinajstić information content (AvgIpc) is 3.17. The number of nitro groups is 1. The Kier molecular flexibility index (Phi) is 5.62. The number of nitrogens with one attached hydrogen (secondary N) is 1. The molecule has 1 N–H and O–H groups in total. The highest BCUT2D eigenvalue weighted by atomic mass is 32.2. The van der Waals surface area contributed by atoms with Crippen LogP contribution in [-0.2, 0) is 9.84 Å². The Balaban J connectivity index is 1.77. The maximum atomic E-state index is 12.7. The second kappa shape index (κ2) is 7.97. The highest BCUT2D eigenvalue weighted by molar-refractivity contribution is 7.93. The van der Waals surface area contributed by atoms with Crippen molar-refractivity contribution in [3.05, 3.63) is 70.4 Å². The van der Waals surface area contributed by atoms with Gasteiger partial charge in [-0.2, -0.15) is 0 Å². The van der Waals surface area contributed by atoms with Crippen molar-refractivity contribution in [2.45, 2.75) is 9.10 Å². The molecule has 2 aromatic carbocycles. The Morgan fingerprint density at radius 1 is 1.10 bits per heavy atom. The van der Waals surface area contributed by atoms with Gasteiger partial charge < -0.3 is 4.90 Å². The number of nitro benzene ring substituents is 1. The third-order valence-corrected chi connectivity index (χ3v) is 7.12. The van der Waals surface area contributed by atoms with Crippen LogP contribution in [0.1, 0.15) is 10.4 Å². The van der Waals surface area contributed by atoms with Gasteiger partial charge in [-0.05, 0) is 36.4 Å². The predicted octanol–water partition coefficient (Wildman–Crippen LogP) is 3.20. The molecule has 0 atom stereocenters. The van der Waals surface area contributed by atoms with E-state index < -0.39 is 20.7 Å². The number of carbonyl (C=O) groups excluding carboxylic acids is 1. The van der Waals surface area contributed by atoms with Gasteiger partial charge >= 0.3 is 0 Å². The molecule has 0 unspecified atom stereocenters. The highest BCUT2D eigenvalue weighted by Gasteiger charge is 2.22. The minimum Gasteiger partial charge on any atom is -0.378 e. The van der Waals surface area contributed by atoms with Crippen LogP contribution < -0.4 is 10.2 Å². The van der Waals surface area contributed by atoms with Crippen molar-refractivity contribution in [3.63, 3.8) is 0 Å². The van der Waals surface area contributed by atoms with Crippen LogP contribution in [-0.4, -0.2) is 38.3 Å². The zero-order valence-corrected chi connectivity index (χ0v) is 17.0. The van der Waals surface area contributed by atoms with Gasteiger partial charge in [0.15, 0.2) is 5.13 Å². The van der Waals surface area contributed by atoms with Gasteiger partial charge in [0.2, 0.25) is 9.84 Å². The van der Waals surface area contributed by atoms with Crippen molar-refractivity contribution >= 4 is 43.6 Å². The monoisotopic (exact) mass is 432 g/mol. The van der Waals surface area contributed by atoms with E-state index in [1.165, 1.54) is 0 Å². The second-order valence-corrected chi connectivity index (χ2v) is 9.34. The molecular weight excluding hydrogens is 416 g/mol. The molecule has 0 aliphatic rings. The van der Waals surface area contributed by atoms with Crippen molar-refractivity contribution in [1.29, 1.82) is 0 Å². The van der Waals surface area contributed by atoms with Gasteiger partial charge in [-0.3, -0.25) is 20.2 Å². The lowest BCUT2D eigenvalue weighted by atomic mass is 10.2. The molecule has 0 spiro atoms. The number of aromatic nitrogens is 1. The number of carbonyl (C=O) groups is 1. The number of nitrogens with zero attached hydrogens (tertiary/aromatic N) is 3. The van der Waals surface area contributed by atoms with Crippen LogP contribution in [0.2, 0.25) is 0 Å². The Hall–Kier alpha value is -3.31. The van der Waals surface area contributed by atoms with E-state index in [1.807, 2.05) is 19.0 Å². The minimum atomic E-state index is -3.90. The lowest BCUT2D eigenvalue weighted by molar-refractivity contribution is -0.384. The van der Waals surface area contributed by atoms with Gasteiger partial charge in [-0.1, -0.05) is 11.3 Å². The fourth-order valence-electron chi connectivity index (χ4n) is 2.38. The number of rotatable bonds is 6. The van der Waals surface area contributed by atoms with E-state index in [0.29, 0.717) is 5.56 Å². The smallest absolute Gasteiger partial charge is 0.269 e. The summed E-state index contributed by atoms with van der Waals surface area (Å²) in [5, 5.41) is 13.4. The van der Waals surface area contributed by atoms with E-state index in [4.69, 9.17) is 0 Å². The first kappa shape index (κ1) is 20.4. The molecule has 29 heavy (non-hydrogen) atoms. The molecule has 0 radical (unpaired) electrons. The van der Waals surface area contributed by atoms with E-state index in [9.17, 15) is 23.3 Å². The van der Waals surface area contributed by atoms with Crippen molar-refractivity contribution in [3.8, 4) is 0 Å². The molecular formula is C18H16N4O5S2. The van der Waals surface area contributed by atoms with E-state index >= 15 is 0 Å². The summed E-state index contributed by atoms with van der Waals surface area (Å²) in [6.07, 6.45) is 1.15. The van der Waals surface area contributed by atoms with Crippen LogP contribution in [0.5, 0.6) is 0 Å². The largest absolute Gasteiger partial charge is 0.378 e. The zero-order valence-electron chi connectivity index (χ0n) is 15.4. The van der Waals surface area contributed by atoms with Gasteiger partial charge in [-0.25, -0.2) is 13.4 Å². The normalized spacial score (nSPS) is 11.1.